The van der Waals surface area contributed by atoms with Gasteiger partial charge in [0.25, 0.3) is 20.2 Å². The summed E-state index contributed by atoms with van der Waals surface area (Å²) < 4.78 is 53.7. The first-order chi connectivity index (χ1) is 8.33. The Hall–Kier alpha value is -0.620. The third kappa shape index (κ3) is 9.41. The summed E-state index contributed by atoms with van der Waals surface area (Å²) in [6.07, 6.45) is 6.01. The van der Waals surface area contributed by atoms with Crippen LogP contribution in [0.25, 0.3) is 0 Å². The van der Waals surface area contributed by atoms with Crippen LogP contribution >= 0.6 is 0 Å². The maximum Gasteiger partial charge on any atom is 0.268 e. The van der Waals surface area contributed by atoms with Gasteiger partial charge in [0, 0.05) is 0 Å². The van der Waals surface area contributed by atoms with E-state index in [0.29, 0.717) is 19.3 Å². The van der Waals surface area contributed by atoms with Crippen molar-refractivity contribution in [1.29, 1.82) is 0 Å². The summed E-state index contributed by atoms with van der Waals surface area (Å²) in [6.45, 7) is 1.42. The Morgan fingerprint density at radius 1 is 0.944 bits per heavy atom. The van der Waals surface area contributed by atoms with Crippen molar-refractivity contribution in [3.63, 3.8) is 0 Å². The van der Waals surface area contributed by atoms with Crippen molar-refractivity contribution < 1.29 is 25.2 Å². The Labute approximate surface area is 109 Å². The van der Waals surface area contributed by atoms with Gasteiger partial charge < -0.3 is 0 Å². The topological polar surface area (TPSA) is 86.7 Å². The van der Waals surface area contributed by atoms with Crippen molar-refractivity contribution in [3.05, 3.63) is 0 Å². The van der Waals surface area contributed by atoms with E-state index in [1.807, 2.05) is 0 Å². The highest BCUT2D eigenvalue weighted by atomic mass is 32.2. The molecule has 0 aromatic rings. The molecule has 0 fully saturated rings. The lowest BCUT2D eigenvalue weighted by atomic mass is 10.3. The third-order valence-electron chi connectivity index (χ3n) is 1.91. The van der Waals surface area contributed by atoms with Gasteiger partial charge in [-0.2, -0.15) is 16.8 Å². The first-order valence-corrected chi connectivity index (χ1v) is 8.66. The zero-order chi connectivity index (χ0) is 14.1. The average Bonchev–Trinajstić information content (AvgIpc) is 2.25. The van der Waals surface area contributed by atoms with E-state index in [0.717, 1.165) is 0 Å². The van der Waals surface area contributed by atoms with Crippen LogP contribution < -0.4 is 0 Å². The van der Waals surface area contributed by atoms with Crippen LogP contribution in [0.2, 0.25) is 0 Å². The van der Waals surface area contributed by atoms with E-state index < -0.39 is 20.2 Å². The van der Waals surface area contributed by atoms with Gasteiger partial charge in [-0.3, -0.25) is 8.37 Å². The van der Waals surface area contributed by atoms with Gasteiger partial charge in [-0.1, -0.05) is 12.3 Å². The smallest absolute Gasteiger partial charge is 0.268 e. The molecule has 0 spiro atoms. The van der Waals surface area contributed by atoms with E-state index in [2.05, 4.69) is 14.3 Å². The van der Waals surface area contributed by atoms with Crippen LogP contribution in [0, 0.1) is 12.3 Å². The summed E-state index contributed by atoms with van der Waals surface area (Å²) in [5.41, 5.74) is 0. The summed E-state index contributed by atoms with van der Waals surface area (Å²) in [5, 5.41) is 0. The highest BCUT2D eigenvalue weighted by Gasteiger charge is 2.12. The Morgan fingerprint density at radius 2 is 1.44 bits per heavy atom. The largest absolute Gasteiger partial charge is 0.270 e. The molecule has 0 atom stereocenters. The molecule has 0 bridgehead atoms. The van der Waals surface area contributed by atoms with E-state index in [-0.39, 0.29) is 24.7 Å². The molecule has 0 aliphatic carbocycles. The molecular weight excluding hydrogens is 280 g/mol. The normalized spacial score (nSPS) is 12.2. The van der Waals surface area contributed by atoms with E-state index in [1.54, 1.807) is 6.92 Å². The van der Waals surface area contributed by atoms with E-state index >= 15 is 0 Å². The summed E-state index contributed by atoms with van der Waals surface area (Å²) in [4.78, 5) is 0. The number of hydrogen-bond acceptors (Lipinski definition) is 6. The summed E-state index contributed by atoms with van der Waals surface area (Å²) in [5.74, 6) is 1.79. The molecule has 0 aromatic heterocycles. The first-order valence-electron chi connectivity index (χ1n) is 5.50. The van der Waals surface area contributed by atoms with E-state index in [1.165, 1.54) is 0 Å². The predicted molar refractivity (Wildman–Crippen MR) is 67.8 cm³/mol. The van der Waals surface area contributed by atoms with E-state index in [9.17, 15) is 16.8 Å². The monoisotopic (exact) mass is 298 g/mol. The zero-order valence-corrected chi connectivity index (χ0v) is 11.9. The molecule has 106 valence electrons. The highest BCUT2D eigenvalue weighted by molar-refractivity contribution is 7.86. The average molecular weight is 298 g/mol. The van der Waals surface area contributed by atoms with Crippen molar-refractivity contribution >= 4 is 20.2 Å². The number of hydrogen-bond donors (Lipinski definition) is 0. The fourth-order valence-electron chi connectivity index (χ4n) is 1.16. The third-order valence-corrected chi connectivity index (χ3v) is 4.56. The molecule has 8 heteroatoms. The van der Waals surface area contributed by atoms with Gasteiger partial charge in [0.15, 0.2) is 0 Å². The summed E-state index contributed by atoms with van der Waals surface area (Å²) >= 11 is 0. The van der Waals surface area contributed by atoms with Crippen molar-refractivity contribution in [2.45, 2.75) is 26.2 Å². The maximum absolute atomic E-state index is 11.2. The second-order valence-electron chi connectivity index (χ2n) is 3.46. The van der Waals surface area contributed by atoms with Crippen LogP contribution in [0.3, 0.4) is 0 Å². The van der Waals surface area contributed by atoms with Gasteiger partial charge in [-0.05, 0) is 19.8 Å². The Morgan fingerprint density at radius 3 is 1.89 bits per heavy atom. The van der Waals surface area contributed by atoms with Gasteiger partial charge in [-0.15, -0.1) is 6.42 Å². The molecule has 0 amide bonds. The van der Waals surface area contributed by atoms with Crippen molar-refractivity contribution in [2.24, 2.45) is 0 Å². The molecule has 6 nitrogen and oxygen atoms in total. The van der Waals surface area contributed by atoms with Crippen LogP contribution in [-0.2, 0) is 28.6 Å². The number of unbranched alkanes of at least 4 members (excludes halogenated alkanes) is 2. The van der Waals surface area contributed by atoms with Crippen LogP contribution in [0.5, 0.6) is 0 Å². The number of terminal acetylenes is 1. The van der Waals surface area contributed by atoms with Crippen LogP contribution in [0.4, 0.5) is 0 Å². The number of rotatable bonds is 10. The first kappa shape index (κ1) is 17.4. The Bertz CT molecular complexity index is 457. The molecule has 0 aromatic carbocycles. The van der Waals surface area contributed by atoms with Crippen molar-refractivity contribution in [3.8, 4) is 12.3 Å². The minimum Gasteiger partial charge on any atom is -0.270 e. The lowest BCUT2D eigenvalue weighted by Gasteiger charge is -2.04. The molecular formula is C10H18O6S2. The van der Waals surface area contributed by atoms with Gasteiger partial charge in [0.1, 0.15) is 6.61 Å². The SMILES string of the molecule is C#CCOS(=O)(=O)CCCCCS(=O)(=O)OCC. The Kier molecular flexibility index (Phi) is 8.18. The van der Waals surface area contributed by atoms with Crippen molar-refractivity contribution in [1.82, 2.24) is 0 Å². The molecule has 0 radical (unpaired) electrons. The minimum atomic E-state index is -3.59. The van der Waals surface area contributed by atoms with E-state index in [4.69, 9.17) is 6.42 Å². The Balaban J connectivity index is 3.79. The molecule has 0 aliphatic rings. The highest BCUT2D eigenvalue weighted by Crippen LogP contribution is 2.05. The molecule has 0 heterocycles. The van der Waals surface area contributed by atoms with Crippen LogP contribution in [-0.4, -0.2) is 41.6 Å². The van der Waals surface area contributed by atoms with Gasteiger partial charge >= 0.3 is 0 Å². The molecule has 18 heavy (non-hydrogen) atoms. The fourth-order valence-corrected chi connectivity index (χ4v) is 3.11. The summed E-state index contributed by atoms with van der Waals surface area (Å²) in [7, 11) is -7.06. The lowest BCUT2D eigenvalue weighted by Crippen LogP contribution is -2.12. The van der Waals surface area contributed by atoms with Crippen molar-refractivity contribution in [2.75, 3.05) is 24.7 Å². The molecule has 0 saturated heterocycles. The molecule has 0 saturated carbocycles. The maximum atomic E-state index is 11.2. The van der Waals surface area contributed by atoms with Gasteiger partial charge in [-0.25, -0.2) is 0 Å². The predicted octanol–water partition coefficient (Wildman–Crippen LogP) is 0.503. The van der Waals surface area contributed by atoms with Gasteiger partial charge in [0.2, 0.25) is 0 Å². The standard InChI is InChI=1S/C10H18O6S2/c1-3-8-16-18(13,14)10-7-5-6-9-17(11,12)15-4-2/h1H,4-10H2,2H3. The van der Waals surface area contributed by atoms with Gasteiger partial charge in [0.05, 0.1) is 18.1 Å². The quantitative estimate of drug-likeness (QED) is 0.332. The lowest BCUT2D eigenvalue weighted by molar-refractivity contribution is 0.337. The molecule has 0 N–H and O–H groups in total. The van der Waals surface area contributed by atoms with Crippen LogP contribution in [0.15, 0.2) is 0 Å². The molecule has 0 aliphatic heterocycles. The second kappa shape index (κ2) is 8.48. The summed E-state index contributed by atoms with van der Waals surface area (Å²) in [6, 6.07) is 0. The zero-order valence-electron chi connectivity index (χ0n) is 10.3. The second-order valence-corrected chi connectivity index (χ2v) is 6.98. The van der Waals surface area contributed by atoms with Crippen LogP contribution in [0.1, 0.15) is 26.2 Å². The molecule has 0 unspecified atom stereocenters. The molecule has 0 rings (SSSR count). The minimum absolute atomic E-state index is 0.105. The fraction of sp³-hybridized carbons (Fsp3) is 0.800.